The average molecular weight is 232 g/mol. The van der Waals surface area contributed by atoms with Crippen LogP contribution >= 0.6 is 11.8 Å². The highest BCUT2D eigenvalue weighted by atomic mass is 32.2. The van der Waals surface area contributed by atoms with Crippen molar-refractivity contribution in [2.45, 2.75) is 23.6 Å². The van der Waals surface area contributed by atoms with Gasteiger partial charge < -0.3 is 5.11 Å². The maximum absolute atomic E-state index is 8.98. The van der Waals surface area contributed by atoms with Crippen molar-refractivity contribution in [3.63, 3.8) is 0 Å². The molecule has 0 aliphatic rings. The lowest BCUT2D eigenvalue weighted by Crippen LogP contribution is -1.91. The summed E-state index contributed by atoms with van der Waals surface area (Å²) in [5.41, 5.74) is 1.89. The molecule has 0 aliphatic heterocycles. The van der Waals surface area contributed by atoms with E-state index in [0.717, 1.165) is 21.2 Å². The van der Waals surface area contributed by atoms with E-state index in [1.807, 2.05) is 31.2 Å². The third-order valence-corrected chi connectivity index (χ3v) is 3.18. The van der Waals surface area contributed by atoms with Gasteiger partial charge in [-0.15, -0.1) is 0 Å². The lowest BCUT2D eigenvalue weighted by molar-refractivity contribution is 0.281. The number of rotatable bonds is 3. The molecule has 0 bridgehead atoms. The highest BCUT2D eigenvalue weighted by Gasteiger charge is 2.04. The number of hydrogen-bond acceptors (Lipinski definition) is 4. The number of hydrogen-bond donors (Lipinski definition) is 1. The van der Waals surface area contributed by atoms with Crippen LogP contribution in [0, 0.1) is 6.92 Å². The molecular weight excluding hydrogens is 220 g/mol. The quantitative estimate of drug-likeness (QED) is 0.882. The van der Waals surface area contributed by atoms with Gasteiger partial charge in [-0.3, -0.25) is 0 Å². The first-order chi connectivity index (χ1) is 7.79. The average Bonchev–Trinajstić information content (AvgIpc) is 2.33. The summed E-state index contributed by atoms with van der Waals surface area (Å²) in [6, 6.07) is 7.73. The van der Waals surface area contributed by atoms with Crippen LogP contribution in [0.15, 0.2) is 46.7 Å². The maximum Gasteiger partial charge on any atom is 0.105 e. The van der Waals surface area contributed by atoms with E-state index in [1.54, 1.807) is 12.4 Å². The normalized spacial score (nSPS) is 10.4. The topological polar surface area (TPSA) is 46.0 Å². The van der Waals surface area contributed by atoms with Crippen LogP contribution in [0.25, 0.3) is 0 Å². The molecule has 4 heteroatoms. The fourth-order valence-corrected chi connectivity index (χ4v) is 2.10. The van der Waals surface area contributed by atoms with Gasteiger partial charge in [0.05, 0.1) is 6.61 Å². The minimum atomic E-state index is 0.0301. The Hall–Kier alpha value is -1.39. The second kappa shape index (κ2) is 5.09. The Morgan fingerprint density at radius 2 is 2.19 bits per heavy atom. The van der Waals surface area contributed by atoms with Gasteiger partial charge in [0.1, 0.15) is 10.1 Å². The molecule has 0 amide bonds. The predicted molar refractivity (Wildman–Crippen MR) is 63.3 cm³/mol. The molecule has 0 spiro atoms. The molecule has 0 unspecified atom stereocenters. The van der Waals surface area contributed by atoms with Crippen molar-refractivity contribution < 1.29 is 5.11 Å². The first-order valence-corrected chi connectivity index (χ1v) is 5.76. The molecule has 0 atom stereocenters. The highest BCUT2D eigenvalue weighted by molar-refractivity contribution is 7.99. The third kappa shape index (κ3) is 2.59. The first-order valence-electron chi connectivity index (χ1n) is 4.95. The number of pyridine rings is 2. The van der Waals surface area contributed by atoms with E-state index in [9.17, 15) is 0 Å². The van der Waals surface area contributed by atoms with E-state index >= 15 is 0 Å². The molecule has 2 aromatic heterocycles. The summed E-state index contributed by atoms with van der Waals surface area (Å²) in [7, 11) is 0. The fraction of sp³-hybridized carbons (Fsp3) is 0.167. The Morgan fingerprint density at radius 3 is 2.81 bits per heavy atom. The molecule has 16 heavy (non-hydrogen) atoms. The Morgan fingerprint density at radius 1 is 1.31 bits per heavy atom. The zero-order valence-electron chi connectivity index (χ0n) is 8.92. The maximum atomic E-state index is 8.98. The number of aromatic nitrogens is 2. The summed E-state index contributed by atoms with van der Waals surface area (Å²) in [6.07, 6.45) is 3.46. The van der Waals surface area contributed by atoms with E-state index in [0.29, 0.717) is 0 Å². The van der Waals surface area contributed by atoms with Gasteiger partial charge in [-0.1, -0.05) is 6.07 Å². The van der Waals surface area contributed by atoms with Crippen LogP contribution in [0.1, 0.15) is 11.1 Å². The lowest BCUT2D eigenvalue weighted by Gasteiger charge is -2.05. The van der Waals surface area contributed by atoms with Gasteiger partial charge in [0.25, 0.3) is 0 Å². The second-order valence-electron chi connectivity index (χ2n) is 3.39. The summed E-state index contributed by atoms with van der Waals surface area (Å²) < 4.78 is 0. The molecule has 3 nitrogen and oxygen atoms in total. The van der Waals surface area contributed by atoms with Crippen molar-refractivity contribution >= 4 is 11.8 Å². The number of aliphatic hydroxyl groups is 1. The largest absolute Gasteiger partial charge is 0.392 e. The van der Waals surface area contributed by atoms with Crippen LogP contribution in [-0.2, 0) is 6.61 Å². The summed E-state index contributed by atoms with van der Waals surface area (Å²) in [6.45, 7) is 2.01. The van der Waals surface area contributed by atoms with Crippen LogP contribution < -0.4 is 0 Å². The Balaban J connectivity index is 2.22. The van der Waals surface area contributed by atoms with Crippen molar-refractivity contribution in [2.75, 3.05) is 0 Å². The molecule has 2 rings (SSSR count). The first kappa shape index (κ1) is 11.1. The van der Waals surface area contributed by atoms with E-state index in [-0.39, 0.29) is 6.61 Å². The Kier molecular flexibility index (Phi) is 3.54. The van der Waals surface area contributed by atoms with E-state index < -0.39 is 0 Å². The van der Waals surface area contributed by atoms with Gasteiger partial charge >= 0.3 is 0 Å². The summed E-state index contributed by atoms with van der Waals surface area (Å²) in [5, 5.41) is 10.8. The molecule has 82 valence electrons. The Bertz CT molecular complexity index is 474. The molecule has 0 saturated heterocycles. The van der Waals surface area contributed by atoms with Crippen molar-refractivity contribution in [1.29, 1.82) is 0 Å². The van der Waals surface area contributed by atoms with Crippen molar-refractivity contribution in [2.24, 2.45) is 0 Å². The molecule has 2 heterocycles. The SMILES string of the molecule is Cc1cc(CO)cnc1Sc1ccccn1. The van der Waals surface area contributed by atoms with Gasteiger partial charge in [0.15, 0.2) is 0 Å². The van der Waals surface area contributed by atoms with Crippen LogP contribution in [0.4, 0.5) is 0 Å². The van der Waals surface area contributed by atoms with Crippen LogP contribution in [-0.4, -0.2) is 15.1 Å². The van der Waals surface area contributed by atoms with Crippen molar-refractivity contribution in [1.82, 2.24) is 9.97 Å². The van der Waals surface area contributed by atoms with Gasteiger partial charge in [0, 0.05) is 12.4 Å². The van der Waals surface area contributed by atoms with Gasteiger partial charge in [-0.25, -0.2) is 9.97 Å². The van der Waals surface area contributed by atoms with Crippen LogP contribution in [0.3, 0.4) is 0 Å². The molecule has 1 N–H and O–H groups in total. The minimum Gasteiger partial charge on any atom is -0.392 e. The third-order valence-electron chi connectivity index (χ3n) is 2.11. The number of aliphatic hydroxyl groups excluding tert-OH is 1. The molecule has 0 aromatic carbocycles. The highest BCUT2D eigenvalue weighted by Crippen LogP contribution is 2.26. The molecule has 2 aromatic rings. The van der Waals surface area contributed by atoms with E-state index in [1.165, 1.54) is 11.8 Å². The number of aryl methyl sites for hydroxylation is 1. The zero-order chi connectivity index (χ0) is 11.4. The molecular formula is C12H12N2OS. The summed E-state index contributed by atoms with van der Waals surface area (Å²) in [4.78, 5) is 8.54. The fourth-order valence-electron chi connectivity index (χ4n) is 1.32. The van der Waals surface area contributed by atoms with Crippen molar-refractivity contribution in [3.05, 3.63) is 47.8 Å². The van der Waals surface area contributed by atoms with E-state index in [2.05, 4.69) is 9.97 Å². The minimum absolute atomic E-state index is 0.0301. The monoisotopic (exact) mass is 232 g/mol. The molecule has 0 radical (unpaired) electrons. The van der Waals surface area contributed by atoms with Gasteiger partial charge in [-0.05, 0) is 48.0 Å². The molecule has 0 saturated carbocycles. The standard InChI is InChI=1S/C12H12N2OS/c1-9-6-10(8-15)7-14-12(9)16-11-4-2-3-5-13-11/h2-7,15H,8H2,1H3. The smallest absolute Gasteiger partial charge is 0.105 e. The van der Waals surface area contributed by atoms with Gasteiger partial charge in [0.2, 0.25) is 0 Å². The van der Waals surface area contributed by atoms with Crippen molar-refractivity contribution in [3.8, 4) is 0 Å². The van der Waals surface area contributed by atoms with E-state index in [4.69, 9.17) is 5.11 Å². The van der Waals surface area contributed by atoms with Crippen LogP contribution in [0.5, 0.6) is 0 Å². The lowest BCUT2D eigenvalue weighted by atomic mass is 10.2. The summed E-state index contributed by atoms with van der Waals surface area (Å²) >= 11 is 1.53. The van der Waals surface area contributed by atoms with Gasteiger partial charge in [-0.2, -0.15) is 0 Å². The summed E-state index contributed by atoms with van der Waals surface area (Å²) in [5.74, 6) is 0. The zero-order valence-corrected chi connectivity index (χ0v) is 9.74. The molecule has 0 fully saturated rings. The molecule has 0 aliphatic carbocycles. The van der Waals surface area contributed by atoms with Crippen LogP contribution in [0.2, 0.25) is 0 Å². The Labute approximate surface area is 98.6 Å². The predicted octanol–water partition coefficient (Wildman–Crippen LogP) is 2.43. The number of nitrogens with zero attached hydrogens (tertiary/aromatic N) is 2. The second-order valence-corrected chi connectivity index (χ2v) is 4.40.